The summed E-state index contributed by atoms with van der Waals surface area (Å²) in [5, 5.41) is 9.57. The van der Waals surface area contributed by atoms with Crippen molar-refractivity contribution in [3.05, 3.63) is 27.7 Å². The van der Waals surface area contributed by atoms with Crippen LogP contribution in [0.1, 0.15) is 37.7 Å². The van der Waals surface area contributed by atoms with Crippen molar-refractivity contribution in [1.82, 2.24) is 0 Å². The highest BCUT2D eigenvalue weighted by Gasteiger charge is 2.44. The van der Waals surface area contributed by atoms with E-state index in [4.69, 9.17) is 4.74 Å². The van der Waals surface area contributed by atoms with Gasteiger partial charge in [0.1, 0.15) is 0 Å². The van der Waals surface area contributed by atoms with E-state index in [1.54, 1.807) is 0 Å². The lowest BCUT2D eigenvalue weighted by Gasteiger charge is -2.34. The Balaban J connectivity index is 2.66. The molecule has 0 heterocycles. The summed E-state index contributed by atoms with van der Waals surface area (Å²) in [5.41, 5.74) is -1.30. The molecule has 0 radical (unpaired) electrons. The largest absolute Gasteiger partial charge is 0.491 e. The third-order valence-electron chi connectivity index (χ3n) is 3.95. The van der Waals surface area contributed by atoms with Gasteiger partial charge in [-0.25, -0.2) is 8.78 Å². The summed E-state index contributed by atoms with van der Waals surface area (Å²) in [6.45, 7) is 0. The standard InChI is InChI=1S/C14H15BrF2O3/c1-20-12-10(16)8(7-9(15)11(12)17)14(13(18)19)5-3-2-4-6-14/h7H,2-6H2,1H3,(H,18,19). The lowest BCUT2D eigenvalue weighted by Crippen LogP contribution is -2.38. The number of ether oxygens (including phenoxy) is 1. The molecule has 0 unspecified atom stereocenters. The number of benzene rings is 1. The van der Waals surface area contributed by atoms with Crippen LogP contribution in [0.2, 0.25) is 0 Å². The number of aliphatic carboxylic acids is 1. The van der Waals surface area contributed by atoms with Crippen LogP contribution in [0.25, 0.3) is 0 Å². The molecule has 1 aromatic rings. The molecule has 0 saturated heterocycles. The average molecular weight is 349 g/mol. The van der Waals surface area contributed by atoms with E-state index in [1.807, 2.05) is 0 Å². The summed E-state index contributed by atoms with van der Waals surface area (Å²) in [4.78, 5) is 11.7. The van der Waals surface area contributed by atoms with Gasteiger partial charge in [0.05, 0.1) is 17.0 Å². The number of carbonyl (C=O) groups is 1. The van der Waals surface area contributed by atoms with Crippen LogP contribution in [-0.2, 0) is 10.2 Å². The van der Waals surface area contributed by atoms with Crippen molar-refractivity contribution in [2.75, 3.05) is 7.11 Å². The summed E-state index contributed by atoms with van der Waals surface area (Å²) >= 11 is 3.00. The molecule has 0 atom stereocenters. The molecule has 1 fully saturated rings. The molecule has 2 rings (SSSR count). The Morgan fingerprint density at radius 2 is 1.90 bits per heavy atom. The fraction of sp³-hybridized carbons (Fsp3) is 0.500. The van der Waals surface area contributed by atoms with E-state index in [0.29, 0.717) is 25.7 Å². The molecule has 0 aromatic heterocycles. The van der Waals surface area contributed by atoms with Gasteiger partial charge in [-0.3, -0.25) is 4.79 Å². The van der Waals surface area contributed by atoms with Crippen LogP contribution in [0.3, 0.4) is 0 Å². The van der Waals surface area contributed by atoms with Gasteiger partial charge in [-0.2, -0.15) is 0 Å². The number of halogens is 3. The third-order valence-corrected chi connectivity index (χ3v) is 4.53. The second-order valence-corrected chi connectivity index (χ2v) is 5.87. The van der Waals surface area contributed by atoms with Crippen LogP contribution in [0.5, 0.6) is 5.75 Å². The Bertz CT molecular complexity index is 540. The first-order chi connectivity index (χ1) is 9.44. The SMILES string of the molecule is COc1c(F)c(Br)cc(C2(C(=O)O)CCCCC2)c1F. The zero-order chi connectivity index (χ0) is 14.9. The van der Waals surface area contributed by atoms with Crippen LogP contribution in [-0.4, -0.2) is 18.2 Å². The monoisotopic (exact) mass is 348 g/mol. The van der Waals surface area contributed by atoms with Crippen molar-refractivity contribution in [3.8, 4) is 5.75 Å². The van der Waals surface area contributed by atoms with Crippen molar-refractivity contribution in [2.45, 2.75) is 37.5 Å². The van der Waals surface area contributed by atoms with Gasteiger partial charge in [-0.05, 0) is 34.8 Å². The first-order valence-corrected chi connectivity index (χ1v) is 7.18. The molecule has 0 bridgehead atoms. The predicted octanol–water partition coefficient (Wildman–Crippen LogP) is 4.02. The van der Waals surface area contributed by atoms with E-state index < -0.39 is 28.8 Å². The van der Waals surface area contributed by atoms with Crippen molar-refractivity contribution in [2.24, 2.45) is 0 Å². The van der Waals surface area contributed by atoms with E-state index in [-0.39, 0.29) is 10.0 Å². The third kappa shape index (κ3) is 2.30. The number of carboxylic acid groups (broad SMARTS) is 1. The van der Waals surface area contributed by atoms with Gasteiger partial charge in [-0.15, -0.1) is 0 Å². The second-order valence-electron chi connectivity index (χ2n) is 5.02. The Morgan fingerprint density at radius 3 is 2.40 bits per heavy atom. The Kier molecular flexibility index (Phi) is 4.32. The highest BCUT2D eigenvalue weighted by atomic mass is 79.9. The Hall–Kier alpha value is -1.17. The molecular weight excluding hydrogens is 334 g/mol. The van der Waals surface area contributed by atoms with Crippen LogP contribution in [0, 0.1) is 11.6 Å². The average Bonchev–Trinajstić information content (AvgIpc) is 2.44. The van der Waals surface area contributed by atoms with Crippen molar-refractivity contribution < 1.29 is 23.4 Å². The molecule has 1 aromatic carbocycles. The van der Waals surface area contributed by atoms with Gasteiger partial charge >= 0.3 is 5.97 Å². The van der Waals surface area contributed by atoms with Gasteiger partial charge < -0.3 is 9.84 Å². The van der Waals surface area contributed by atoms with Gasteiger partial charge in [0.25, 0.3) is 0 Å². The molecule has 1 saturated carbocycles. The summed E-state index contributed by atoms with van der Waals surface area (Å²) in [6, 6.07) is 1.23. The molecule has 0 aliphatic heterocycles. The molecule has 110 valence electrons. The van der Waals surface area contributed by atoms with Crippen molar-refractivity contribution in [3.63, 3.8) is 0 Å². The minimum atomic E-state index is -1.30. The lowest BCUT2D eigenvalue weighted by molar-refractivity contribution is -0.145. The number of hydrogen-bond donors (Lipinski definition) is 1. The molecule has 0 amide bonds. The van der Waals surface area contributed by atoms with Crippen LogP contribution in [0.4, 0.5) is 8.78 Å². The topological polar surface area (TPSA) is 46.5 Å². The minimum Gasteiger partial charge on any atom is -0.491 e. The maximum Gasteiger partial charge on any atom is 0.314 e. The van der Waals surface area contributed by atoms with E-state index in [9.17, 15) is 18.7 Å². The lowest BCUT2D eigenvalue weighted by atomic mass is 9.69. The number of rotatable bonds is 3. The summed E-state index contributed by atoms with van der Waals surface area (Å²) in [6.07, 6.45) is 3.04. The maximum absolute atomic E-state index is 14.5. The molecule has 20 heavy (non-hydrogen) atoms. The molecule has 1 aliphatic carbocycles. The smallest absolute Gasteiger partial charge is 0.314 e. The molecule has 1 aliphatic rings. The van der Waals surface area contributed by atoms with Gasteiger partial charge in [-0.1, -0.05) is 19.3 Å². The fourth-order valence-electron chi connectivity index (χ4n) is 2.86. The normalized spacial score (nSPS) is 17.8. The molecule has 1 N–H and O–H groups in total. The number of methoxy groups -OCH3 is 1. The van der Waals surface area contributed by atoms with E-state index >= 15 is 0 Å². The molecular formula is C14H15BrF2O3. The first-order valence-electron chi connectivity index (χ1n) is 6.39. The predicted molar refractivity (Wildman–Crippen MR) is 73.0 cm³/mol. The van der Waals surface area contributed by atoms with Gasteiger partial charge in [0, 0.05) is 5.56 Å². The number of carboxylic acids is 1. The van der Waals surface area contributed by atoms with Crippen molar-refractivity contribution in [1.29, 1.82) is 0 Å². The molecule has 3 nitrogen and oxygen atoms in total. The highest BCUT2D eigenvalue weighted by molar-refractivity contribution is 9.10. The maximum atomic E-state index is 14.5. The van der Waals surface area contributed by atoms with E-state index in [0.717, 1.165) is 13.5 Å². The fourth-order valence-corrected chi connectivity index (χ4v) is 3.27. The summed E-state index contributed by atoms with van der Waals surface area (Å²) in [5.74, 6) is -3.39. The van der Waals surface area contributed by atoms with Crippen LogP contribution < -0.4 is 4.74 Å². The van der Waals surface area contributed by atoms with Crippen LogP contribution >= 0.6 is 15.9 Å². The van der Waals surface area contributed by atoms with Crippen LogP contribution in [0.15, 0.2) is 10.5 Å². The quantitative estimate of drug-likeness (QED) is 0.839. The van der Waals surface area contributed by atoms with Gasteiger partial charge in [0.2, 0.25) is 0 Å². The van der Waals surface area contributed by atoms with Gasteiger partial charge in [0.15, 0.2) is 17.4 Å². The minimum absolute atomic E-state index is 0.00479. The summed E-state index contributed by atoms with van der Waals surface area (Å²) < 4.78 is 33.0. The first kappa shape index (κ1) is 15.2. The highest BCUT2D eigenvalue weighted by Crippen LogP contribution is 2.44. The Labute approximate surface area is 124 Å². The zero-order valence-corrected chi connectivity index (χ0v) is 12.6. The number of hydrogen-bond acceptors (Lipinski definition) is 2. The molecule has 0 spiro atoms. The Morgan fingerprint density at radius 1 is 1.30 bits per heavy atom. The second kappa shape index (κ2) is 5.68. The van der Waals surface area contributed by atoms with E-state index in [2.05, 4.69) is 15.9 Å². The molecule has 6 heteroatoms. The summed E-state index contributed by atoms with van der Waals surface area (Å²) in [7, 11) is 1.16. The zero-order valence-electron chi connectivity index (χ0n) is 11.0. The van der Waals surface area contributed by atoms with E-state index in [1.165, 1.54) is 6.07 Å². The van der Waals surface area contributed by atoms with Crippen molar-refractivity contribution >= 4 is 21.9 Å².